The summed E-state index contributed by atoms with van der Waals surface area (Å²) in [7, 11) is 0. The number of nitrogens with one attached hydrogen (secondary N) is 1. The van der Waals surface area contributed by atoms with Crippen molar-refractivity contribution in [2.75, 3.05) is 11.4 Å². The minimum atomic E-state index is 0.690. The summed E-state index contributed by atoms with van der Waals surface area (Å²) in [5.74, 6) is 0.690. The van der Waals surface area contributed by atoms with Crippen LogP contribution >= 0.6 is 11.3 Å². The van der Waals surface area contributed by atoms with E-state index in [0.29, 0.717) is 5.92 Å². The molecule has 1 aliphatic heterocycles. The summed E-state index contributed by atoms with van der Waals surface area (Å²) in [6.45, 7) is 8.42. The molecule has 0 amide bonds. The van der Waals surface area contributed by atoms with E-state index < -0.39 is 0 Å². The number of anilines is 1. The van der Waals surface area contributed by atoms with Crippen molar-refractivity contribution in [3.63, 3.8) is 0 Å². The number of nitrogens with zero attached hydrogens (tertiary/aromatic N) is 2. The Hall–Kier alpha value is -1.39. The molecule has 4 heteroatoms. The molecule has 2 heterocycles. The van der Waals surface area contributed by atoms with Crippen LogP contribution in [0.15, 0.2) is 30.5 Å². The van der Waals surface area contributed by atoms with E-state index >= 15 is 0 Å². The van der Waals surface area contributed by atoms with Gasteiger partial charge in [0.25, 0.3) is 0 Å². The lowest BCUT2D eigenvalue weighted by molar-refractivity contribution is 0.554. The van der Waals surface area contributed by atoms with Gasteiger partial charge in [0.15, 0.2) is 5.13 Å². The van der Waals surface area contributed by atoms with Gasteiger partial charge in [-0.15, -0.1) is 11.3 Å². The highest BCUT2D eigenvalue weighted by Gasteiger charge is 2.20. The number of hydrogen-bond acceptors (Lipinski definition) is 4. The summed E-state index contributed by atoms with van der Waals surface area (Å²) < 4.78 is 0. The first kappa shape index (κ1) is 13.6. The predicted molar refractivity (Wildman–Crippen MR) is 85.0 cm³/mol. The van der Waals surface area contributed by atoms with Crippen LogP contribution < -0.4 is 10.2 Å². The molecule has 0 saturated heterocycles. The fourth-order valence-electron chi connectivity index (χ4n) is 2.48. The van der Waals surface area contributed by atoms with Crippen LogP contribution in [0, 0.1) is 5.92 Å². The average Bonchev–Trinajstić information content (AvgIpc) is 3.03. The van der Waals surface area contributed by atoms with Crippen LogP contribution in [0.5, 0.6) is 0 Å². The van der Waals surface area contributed by atoms with Gasteiger partial charge >= 0.3 is 0 Å². The molecule has 0 bridgehead atoms. The molecule has 0 saturated carbocycles. The molecule has 1 N–H and O–H groups in total. The Bertz CT molecular complexity index is 552. The molecular formula is C16H21N3S. The van der Waals surface area contributed by atoms with E-state index in [2.05, 4.69) is 53.3 Å². The number of benzene rings is 1. The second-order valence-corrected chi connectivity index (χ2v) is 6.85. The number of hydrogen-bond donors (Lipinski definition) is 1. The van der Waals surface area contributed by atoms with Crippen LogP contribution in [0.3, 0.4) is 0 Å². The molecule has 106 valence electrons. The number of rotatable bonds is 5. The Morgan fingerprint density at radius 1 is 1.25 bits per heavy atom. The monoisotopic (exact) mass is 287 g/mol. The molecule has 1 aromatic heterocycles. The Kier molecular flexibility index (Phi) is 4.03. The SMILES string of the molecule is CC(C)CNCc1cnc(N2Cc3ccccc3C2)s1. The van der Waals surface area contributed by atoms with Crippen molar-refractivity contribution in [3.8, 4) is 0 Å². The zero-order chi connectivity index (χ0) is 13.9. The van der Waals surface area contributed by atoms with E-state index in [1.165, 1.54) is 16.0 Å². The predicted octanol–water partition coefficient (Wildman–Crippen LogP) is 3.41. The standard InChI is InChI=1S/C16H21N3S/c1-12(2)7-17-8-15-9-18-16(20-15)19-10-13-5-3-4-6-14(13)11-19/h3-6,9,12,17H,7-8,10-11H2,1-2H3. The summed E-state index contributed by atoms with van der Waals surface area (Å²) in [5.41, 5.74) is 2.87. The van der Waals surface area contributed by atoms with Crippen LogP contribution in [-0.4, -0.2) is 11.5 Å². The Labute approximate surface area is 124 Å². The molecule has 2 aromatic rings. The lowest BCUT2D eigenvalue weighted by Crippen LogP contribution is -2.18. The summed E-state index contributed by atoms with van der Waals surface area (Å²) >= 11 is 1.80. The summed E-state index contributed by atoms with van der Waals surface area (Å²) in [4.78, 5) is 8.26. The molecule has 20 heavy (non-hydrogen) atoms. The maximum Gasteiger partial charge on any atom is 0.186 e. The molecule has 1 aromatic carbocycles. The van der Waals surface area contributed by atoms with Crippen molar-refractivity contribution in [1.29, 1.82) is 0 Å². The van der Waals surface area contributed by atoms with E-state index in [0.717, 1.165) is 31.3 Å². The van der Waals surface area contributed by atoms with Gasteiger partial charge in [0.2, 0.25) is 0 Å². The molecule has 0 unspecified atom stereocenters. The number of thiazole rings is 1. The van der Waals surface area contributed by atoms with Gasteiger partial charge in [0.1, 0.15) is 0 Å². The smallest absolute Gasteiger partial charge is 0.186 e. The van der Waals surface area contributed by atoms with Gasteiger partial charge in [-0.05, 0) is 23.6 Å². The van der Waals surface area contributed by atoms with Crippen molar-refractivity contribution in [1.82, 2.24) is 10.3 Å². The van der Waals surface area contributed by atoms with Crippen molar-refractivity contribution in [2.45, 2.75) is 33.5 Å². The normalized spacial score (nSPS) is 14.1. The molecule has 0 fully saturated rings. The second-order valence-electron chi connectivity index (χ2n) is 5.76. The van der Waals surface area contributed by atoms with Crippen LogP contribution in [0.2, 0.25) is 0 Å². The van der Waals surface area contributed by atoms with E-state index in [4.69, 9.17) is 0 Å². The van der Waals surface area contributed by atoms with Crippen molar-refractivity contribution < 1.29 is 0 Å². The largest absolute Gasteiger partial charge is 0.339 e. The van der Waals surface area contributed by atoms with Gasteiger partial charge in [-0.25, -0.2) is 4.98 Å². The van der Waals surface area contributed by atoms with E-state index in [-0.39, 0.29) is 0 Å². The van der Waals surface area contributed by atoms with Crippen LogP contribution in [0.4, 0.5) is 5.13 Å². The lowest BCUT2D eigenvalue weighted by atomic mass is 10.1. The van der Waals surface area contributed by atoms with Gasteiger partial charge in [0, 0.05) is 30.7 Å². The van der Waals surface area contributed by atoms with Crippen molar-refractivity contribution >= 4 is 16.5 Å². The van der Waals surface area contributed by atoms with Gasteiger partial charge in [0.05, 0.1) is 0 Å². The third kappa shape index (κ3) is 3.02. The average molecular weight is 287 g/mol. The third-order valence-corrected chi connectivity index (χ3v) is 4.56. The topological polar surface area (TPSA) is 28.2 Å². The fraction of sp³-hybridized carbons (Fsp3) is 0.438. The maximum atomic E-state index is 4.58. The van der Waals surface area contributed by atoms with Crippen LogP contribution in [-0.2, 0) is 19.6 Å². The minimum absolute atomic E-state index is 0.690. The summed E-state index contributed by atoms with van der Waals surface area (Å²) in [6, 6.07) is 8.67. The molecule has 0 aliphatic carbocycles. The molecule has 3 rings (SSSR count). The molecule has 0 radical (unpaired) electrons. The minimum Gasteiger partial charge on any atom is -0.339 e. The van der Waals surface area contributed by atoms with Gasteiger partial charge in [-0.1, -0.05) is 38.1 Å². The third-order valence-electron chi connectivity index (χ3n) is 3.50. The van der Waals surface area contributed by atoms with Gasteiger partial charge in [-0.3, -0.25) is 0 Å². The maximum absolute atomic E-state index is 4.58. The van der Waals surface area contributed by atoms with E-state index in [1.807, 2.05) is 6.20 Å². The van der Waals surface area contributed by atoms with E-state index in [1.54, 1.807) is 11.3 Å². The quantitative estimate of drug-likeness (QED) is 0.913. The van der Waals surface area contributed by atoms with Gasteiger partial charge < -0.3 is 10.2 Å². The Balaban J connectivity index is 1.61. The zero-order valence-corrected chi connectivity index (χ0v) is 12.9. The molecule has 3 nitrogen and oxygen atoms in total. The van der Waals surface area contributed by atoms with E-state index in [9.17, 15) is 0 Å². The summed E-state index contributed by atoms with van der Waals surface area (Å²) in [6.07, 6.45) is 2.01. The van der Waals surface area contributed by atoms with Gasteiger partial charge in [-0.2, -0.15) is 0 Å². The first-order chi connectivity index (χ1) is 9.72. The Morgan fingerprint density at radius 3 is 2.60 bits per heavy atom. The first-order valence-corrected chi connectivity index (χ1v) is 8.01. The Morgan fingerprint density at radius 2 is 1.95 bits per heavy atom. The first-order valence-electron chi connectivity index (χ1n) is 7.19. The number of fused-ring (bicyclic) bond motifs is 1. The highest BCUT2D eigenvalue weighted by molar-refractivity contribution is 7.15. The van der Waals surface area contributed by atoms with Crippen LogP contribution in [0.25, 0.3) is 0 Å². The fourth-order valence-corrected chi connectivity index (χ4v) is 3.36. The second kappa shape index (κ2) is 5.94. The van der Waals surface area contributed by atoms with Crippen LogP contribution in [0.1, 0.15) is 29.9 Å². The summed E-state index contributed by atoms with van der Waals surface area (Å²) in [5, 5.41) is 4.62. The highest BCUT2D eigenvalue weighted by atomic mass is 32.1. The number of aromatic nitrogens is 1. The molecule has 1 aliphatic rings. The molecule has 0 atom stereocenters. The van der Waals surface area contributed by atoms with Crippen molar-refractivity contribution in [2.24, 2.45) is 5.92 Å². The lowest BCUT2D eigenvalue weighted by Gasteiger charge is -2.12. The van der Waals surface area contributed by atoms with Crippen molar-refractivity contribution in [3.05, 3.63) is 46.5 Å². The molecule has 0 spiro atoms. The molecular weight excluding hydrogens is 266 g/mol. The highest BCUT2D eigenvalue weighted by Crippen LogP contribution is 2.31. The zero-order valence-electron chi connectivity index (χ0n) is 12.1.